The monoisotopic (exact) mass is 265 g/mol. The van der Waals surface area contributed by atoms with E-state index in [4.69, 9.17) is 9.47 Å². The van der Waals surface area contributed by atoms with Crippen molar-refractivity contribution in [3.05, 3.63) is 29.8 Å². The lowest BCUT2D eigenvalue weighted by molar-refractivity contribution is 0.117. The summed E-state index contributed by atoms with van der Waals surface area (Å²) >= 11 is 0. The highest BCUT2D eigenvalue weighted by molar-refractivity contribution is 5.26. The number of ether oxygens (including phenoxy) is 2. The highest BCUT2D eigenvalue weighted by atomic mass is 16.5. The van der Waals surface area contributed by atoms with Crippen LogP contribution >= 0.6 is 0 Å². The Morgan fingerprint density at radius 2 is 1.79 bits per heavy atom. The van der Waals surface area contributed by atoms with Crippen LogP contribution in [-0.2, 0) is 11.3 Å². The second-order valence-corrected chi connectivity index (χ2v) is 4.71. The molecular formula is C16H27NO2. The molecule has 0 atom stereocenters. The molecule has 0 aliphatic rings. The van der Waals surface area contributed by atoms with E-state index >= 15 is 0 Å². The van der Waals surface area contributed by atoms with Crippen LogP contribution in [0.1, 0.15) is 38.2 Å². The van der Waals surface area contributed by atoms with E-state index in [-0.39, 0.29) is 0 Å². The maximum absolute atomic E-state index is 5.66. The fourth-order valence-electron chi connectivity index (χ4n) is 1.84. The van der Waals surface area contributed by atoms with E-state index < -0.39 is 0 Å². The van der Waals surface area contributed by atoms with Gasteiger partial charge in [-0.2, -0.15) is 0 Å². The first kappa shape index (κ1) is 16.0. The molecule has 0 saturated carbocycles. The Labute approximate surface area is 117 Å². The molecule has 108 valence electrons. The minimum Gasteiger partial charge on any atom is -0.497 e. The Bertz CT molecular complexity index is 311. The molecule has 1 N–H and O–H groups in total. The standard InChI is InChI=1S/C16H27NO2/c1-3-11-17-12-5-4-6-13-19-14-15-7-9-16(18-2)10-8-15/h7-10,17H,3-6,11-14H2,1-2H3. The van der Waals surface area contributed by atoms with Gasteiger partial charge in [0, 0.05) is 6.61 Å². The maximum atomic E-state index is 5.66. The predicted octanol–water partition coefficient (Wildman–Crippen LogP) is 3.38. The molecule has 0 heterocycles. The van der Waals surface area contributed by atoms with Crippen LogP contribution in [0.2, 0.25) is 0 Å². The summed E-state index contributed by atoms with van der Waals surface area (Å²) in [5, 5.41) is 3.41. The molecule has 0 radical (unpaired) electrons. The molecule has 1 aromatic carbocycles. The van der Waals surface area contributed by atoms with Crippen LogP contribution in [0.15, 0.2) is 24.3 Å². The van der Waals surface area contributed by atoms with Crippen molar-refractivity contribution in [1.29, 1.82) is 0 Å². The SMILES string of the molecule is CCCNCCCCCOCc1ccc(OC)cc1. The zero-order chi connectivity index (χ0) is 13.8. The first-order valence-corrected chi connectivity index (χ1v) is 7.28. The summed E-state index contributed by atoms with van der Waals surface area (Å²) in [5.41, 5.74) is 1.20. The summed E-state index contributed by atoms with van der Waals surface area (Å²) in [6, 6.07) is 8.04. The topological polar surface area (TPSA) is 30.5 Å². The van der Waals surface area contributed by atoms with Crippen molar-refractivity contribution in [2.24, 2.45) is 0 Å². The average molecular weight is 265 g/mol. The van der Waals surface area contributed by atoms with E-state index in [2.05, 4.69) is 12.2 Å². The number of rotatable bonds is 11. The zero-order valence-corrected chi connectivity index (χ0v) is 12.3. The van der Waals surface area contributed by atoms with Crippen LogP contribution in [0.3, 0.4) is 0 Å². The minimum atomic E-state index is 0.693. The van der Waals surface area contributed by atoms with Crippen LogP contribution in [0.25, 0.3) is 0 Å². The summed E-state index contributed by atoms with van der Waals surface area (Å²) in [7, 11) is 1.68. The second-order valence-electron chi connectivity index (χ2n) is 4.71. The van der Waals surface area contributed by atoms with E-state index in [1.54, 1.807) is 7.11 Å². The van der Waals surface area contributed by atoms with Gasteiger partial charge in [0.25, 0.3) is 0 Å². The van der Waals surface area contributed by atoms with E-state index in [1.165, 1.54) is 24.8 Å². The van der Waals surface area contributed by atoms with Crippen molar-refractivity contribution in [1.82, 2.24) is 5.32 Å². The third kappa shape index (κ3) is 7.85. The molecule has 1 rings (SSSR count). The molecule has 0 aliphatic carbocycles. The molecule has 0 saturated heterocycles. The van der Waals surface area contributed by atoms with E-state index in [0.717, 1.165) is 31.9 Å². The lowest BCUT2D eigenvalue weighted by Crippen LogP contribution is -2.15. The van der Waals surface area contributed by atoms with Crippen molar-refractivity contribution >= 4 is 0 Å². The molecule has 3 nitrogen and oxygen atoms in total. The van der Waals surface area contributed by atoms with Gasteiger partial charge in [-0.15, -0.1) is 0 Å². The lowest BCUT2D eigenvalue weighted by Gasteiger charge is -2.06. The molecular weight excluding hydrogens is 238 g/mol. The van der Waals surface area contributed by atoms with Gasteiger partial charge in [-0.05, 0) is 56.5 Å². The highest BCUT2D eigenvalue weighted by Gasteiger charge is 1.95. The molecule has 0 spiro atoms. The normalized spacial score (nSPS) is 10.6. The average Bonchev–Trinajstić information content (AvgIpc) is 2.46. The number of hydrogen-bond acceptors (Lipinski definition) is 3. The molecule has 0 fully saturated rings. The van der Waals surface area contributed by atoms with Crippen LogP contribution in [0.4, 0.5) is 0 Å². The quantitative estimate of drug-likeness (QED) is 0.622. The molecule has 0 amide bonds. The van der Waals surface area contributed by atoms with Gasteiger partial charge in [-0.3, -0.25) is 0 Å². The summed E-state index contributed by atoms with van der Waals surface area (Å²) in [6.45, 7) is 6.00. The van der Waals surface area contributed by atoms with Gasteiger partial charge in [0.05, 0.1) is 13.7 Å². The largest absolute Gasteiger partial charge is 0.497 e. The van der Waals surface area contributed by atoms with Gasteiger partial charge in [0.1, 0.15) is 5.75 Å². The summed E-state index contributed by atoms with van der Waals surface area (Å²) < 4.78 is 10.8. The van der Waals surface area contributed by atoms with Crippen LogP contribution in [-0.4, -0.2) is 26.8 Å². The fourth-order valence-corrected chi connectivity index (χ4v) is 1.84. The molecule has 1 aromatic rings. The molecule has 3 heteroatoms. The number of hydrogen-bond donors (Lipinski definition) is 1. The van der Waals surface area contributed by atoms with Crippen LogP contribution in [0, 0.1) is 0 Å². The smallest absolute Gasteiger partial charge is 0.118 e. The molecule has 0 bridgehead atoms. The zero-order valence-electron chi connectivity index (χ0n) is 12.3. The Morgan fingerprint density at radius 1 is 1.00 bits per heavy atom. The Balaban J connectivity index is 1.95. The van der Waals surface area contributed by atoms with Crippen molar-refractivity contribution in [2.75, 3.05) is 26.8 Å². The lowest BCUT2D eigenvalue weighted by atomic mass is 10.2. The van der Waals surface area contributed by atoms with Crippen LogP contribution < -0.4 is 10.1 Å². The van der Waals surface area contributed by atoms with Crippen molar-refractivity contribution in [2.45, 2.75) is 39.2 Å². The molecule has 0 unspecified atom stereocenters. The second kappa shape index (κ2) is 10.8. The van der Waals surface area contributed by atoms with Crippen molar-refractivity contribution < 1.29 is 9.47 Å². The summed E-state index contributed by atoms with van der Waals surface area (Å²) in [4.78, 5) is 0. The van der Waals surface area contributed by atoms with Gasteiger partial charge in [0.15, 0.2) is 0 Å². The molecule has 0 aromatic heterocycles. The number of benzene rings is 1. The first-order chi connectivity index (χ1) is 9.36. The highest BCUT2D eigenvalue weighted by Crippen LogP contribution is 2.12. The first-order valence-electron chi connectivity index (χ1n) is 7.28. The van der Waals surface area contributed by atoms with Gasteiger partial charge < -0.3 is 14.8 Å². The van der Waals surface area contributed by atoms with Crippen molar-refractivity contribution in [3.8, 4) is 5.75 Å². The summed E-state index contributed by atoms with van der Waals surface area (Å²) in [5.74, 6) is 0.892. The maximum Gasteiger partial charge on any atom is 0.118 e. The Hall–Kier alpha value is -1.06. The number of nitrogens with one attached hydrogen (secondary N) is 1. The van der Waals surface area contributed by atoms with Gasteiger partial charge in [-0.25, -0.2) is 0 Å². The van der Waals surface area contributed by atoms with Crippen LogP contribution in [0.5, 0.6) is 5.75 Å². The predicted molar refractivity (Wildman–Crippen MR) is 79.7 cm³/mol. The van der Waals surface area contributed by atoms with E-state index in [0.29, 0.717) is 6.61 Å². The fraction of sp³-hybridized carbons (Fsp3) is 0.625. The van der Waals surface area contributed by atoms with Gasteiger partial charge in [0.2, 0.25) is 0 Å². The van der Waals surface area contributed by atoms with Crippen molar-refractivity contribution in [3.63, 3.8) is 0 Å². The molecule has 0 aliphatic heterocycles. The Morgan fingerprint density at radius 3 is 2.47 bits per heavy atom. The number of methoxy groups -OCH3 is 1. The minimum absolute atomic E-state index is 0.693. The van der Waals surface area contributed by atoms with E-state index in [1.807, 2.05) is 24.3 Å². The third-order valence-electron chi connectivity index (χ3n) is 3.00. The Kier molecular flexibility index (Phi) is 9.11. The molecule has 19 heavy (non-hydrogen) atoms. The van der Waals surface area contributed by atoms with E-state index in [9.17, 15) is 0 Å². The van der Waals surface area contributed by atoms with Gasteiger partial charge >= 0.3 is 0 Å². The number of unbranched alkanes of at least 4 members (excludes halogenated alkanes) is 2. The third-order valence-corrected chi connectivity index (χ3v) is 3.00. The summed E-state index contributed by atoms with van der Waals surface area (Å²) in [6.07, 6.45) is 4.83. The van der Waals surface area contributed by atoms with Gasteiger partial charge in [-0.1, -0.05) is 19.1 Å².